The van der Waals surface area contributed by atoms with E-state index in [1.807, 2.05) is 11.8 Å². The Morgan fingerprint density at radius 2 is 2.00 bits per heavy atom. The standard InChI is InChI=1S/C14H24ClNOS/c1-14(2,3)18-10-16-13(12(15)9-17-16)11-7-5-4-6-8-11/h9,11,13H,4-8,10H2,1-3H3. The monoisotopic (exact) mass is 289 g/mol. The maximum absolute atomic E-state index is 6.34. The number of thioether (sulfide) groups is 1. The van der Waals surface area contributed by atoms with Crippen molar-refractivity contribution in [3.63, 3.8) is 0 Å². The van der Waals surface area contributed by atoms with Crippen molar-refractivity contribution in [3.05, 3.63) is 11.3 Å². The molecular weight excluding hydrogens is 266 g/mol. The van der Waals surface area contributed by atoms with E-state index in [1.165, 1.54) is 32.1 Å². The second-order valence-electron chi connectivity index (χ2n) is 6.25. The molecule has 0 saturated heterocycles. The van der Waals surface area contributed by atoms with Gasteiger partial charge in [-0.1, -0.05) is 51.6 Å². The van der Waals surface area contributed by atoms with Gasteiger partial charge in [0, 0.05) is 4.75 Å². The van der Waals surface area contributed by atoms with Crippen molar-refractivity contribution in [2.45, 2.75) is 63.7 Å². The van der Waals surface area contributed by atoms with Crippen LogP contribution in [0.15, 0.2) is 11.3 Å². The van der Waals surface area contributed by atoms with Crippen LogP contribution in [0.5, 0.6) is 0 Å². The van der Waals surface area contributed by atoms with Gasteiger partial charge in [0.05, 0.1) is 17.0 Å². The second-order valence-corrected chi connectivity index (χ2v) is 8.46. The first-order valence-electron chi connectivity index (χ1n) is 6.90. The van der Waals surface area contributed by atoms with E-state index in [0.717, 1.165) is 10.9 Å². The smallest absolute Gasteiger partial charge is 0.127 e. The van der Waals surface area contributed by atoms with Crippen LogP contribution in [-0.4, -0.2) is 21.7 Å². The molecule has 0 radical (unpaired) electrons. The Bertz CT molecular complexity index is 307. The van der Waals surface area contributed by atoms with E-state index in [4.69, 9.17) is 16.4 Å². The van der Waals surface area contributed by atoms with Gasteiger partial charge in [0.2, 0.25) is 0 Å². The van der Waals surface area contributed by atoms with E-state index in [9.17, 15) is 0 Å². The summed E-state index contributed by atoms with van der Waals surface area (Å²) in [5.74, 6) is 1.56. The van der Waals surface area contributed by atoms with Crippen molar-refractivity contribution in [1.29, 1.82) is 0 Å². The van der Waals surface area contributed by atoms with Crippen LogP contribution in [0, 0.1) is 5.92 Å². The first kappa shape index (κ1) is 14.5. The van der Waals surface area contributed by atoms with Crippen LogP contribution in [0.2, 0.25) is 0 Å². The summed E-state index contributed by atoms with van der Waals surface area (Å²) in [5.41, 5.74) is 0. The van der Waals surface area contributed by atoms with Gasteiger partial charge in [-0.3, -0.25) is 0 Å². The maximum Gasteiger partial charge on any atom is 0.127 e. The third kappa shape index (κ3) is 3.82. The Balaban J connectivity index is 1.94. The molecule has 0 amide bonds. The zero-order valence-corrected chi connectivity index (χ0v) is 13.2. The Labute approximate surface area is 120 Å². The molecule has 18 heavy (non-hydrogen) atoms. The van der Waals surface area contributed by atoms with Gasteiger partial charge in [-0.2, -0.15) is 0 Å². The lowest BCUT2D eigenvalue weighted by molar-refractivity contribution is -0.102. The predicted molar refractivity (Wildman–Crippen MR) is 79.4 cm³/mol. The molecule has 0 bridgehead atoms. The number of hydroxylamine groups is 2. The van der Waals surface area contributed by atoms with Gasteiger partial charge in [-0.15, -0.1) is 16.8 Å². The molecule has 1 heterocycles. The molecule has 104 valence electrons. The molecule has 1 fully saturated rings. The van der Waals surface area contributed by atoms with E-state index >= 15 is 0 Å². The SMILES string of the molecule is CC(C)(C)SCN1OC=C(Cl)C1C1CCCCC1. The molecule has 2 nitrogen and oxygen atoms in total. The zero-order valence-electron chi connectivity index (χ0n) is 11.6. The second kappa shape index (κ2) is 6.06. The molecule has 1 aliphatic heterocycles. The summed E-state index contributed by atoms with van der Waals surface area (Å²) < 4.78 is 0.259. The average molecular weight is 290 g/mol. The van der Waals surface area contributed by atoms with E-state index < -0.39 is 0 Å². The Kier molecular flexibility index (Phi) is 4.90. The van der Waals surface area contributed by atoms with E-state index in [2.05, 4.69) is 25.8 Å². The van der Waals surface area contributed by atoms with Gasteiger partial charge in [0.1, 0.15) is 6.26 Å². The van der Waals surface area contributed by atoms with Gasteiger partial charge < -0.3 is 4.84 Å². The quantitative estimate of drug-likeness (QED) is 0.744. The number of halogens is 1. The van der Waals surface area contributed by atoms with Crippen LogP contribution in [0.3, 0.4) is 0 Å². The minimum absolute atomic E-state index is 0.259. The highest BCUT2D eigenvalue weighted by Gasteiger charge is 2.36. The van der Waals surface area contributed by atoms with Crippen LogP contribution in [0.1, 0.15) is 52.9 Å². The van der Waals surface area contributed by atoms with Crippen molar-refractivity contribution in [2.75, 3.05) is 5.88 Å². The molecule has 2 rings (SSSR count). The number of hydrogen-bond donors (Lipinski definition) is 0. The normalized spacial score (nSPS) is 27.1. The van der Waals surface area contributed by atoms with Crippen LogP contribution in [0.4, 0.5) is 0 Å². The third-order valence-corrected chi connectivity index (χ3v) is 5.18. The van der Waals surface area contributed by atoms with Crippen molar-refractivity contribution < 1.29 is 4.84 Å². The fourth-order valence-electron chi connectivity index (χ4n) is 2.67. The largest absolute Gasteiger partial charge is 0.411 e. The highest BCUT2D eigenvalue weighted by atomic mass is 35.5. The molecule has 0 aromatic carbocycles. The van der Waals surface area contributed by atoms with E-state index in [0.29, 0.717) is 12.0 Å². The highest BCUT2D eigenvalue weighted by Crippen LogP contribution is 2.38. The van der Waals surface area contributed by atoms with Gasteiger partial charge in [-0.05, 0) is 18.8 Å². The van der Waals surface area contributed by atoms with Crippen molar-refractivity contribution in [2.24, 2.45) is 5.92 Å². The minimum atomic E-state index is 0.259. The molecule has 4 heteroatoms. The summed E-state index contributed by atoms with van der Waals surface area (Å²) in [5, 5.41) is 2.96. The summed E-state index contributed by atoms with van der Waals surface area (Å²) in [6.07, 6.45) is 8.35. The van der Waals surface area contributed by atoms with Gasteiger partial charge in [-0.25, -0.2) is 0 Å². The summed E-state index contributed by atoms with van der Waals surface area (Å²) in [4.78, 5) is 5.64. The number of nitrogens with zero attached hydrogens (tertiary/aromatic N) is 1. The van der Waals surface area contributed by atoms with Crippen molar-refractivity contribution in [1.82, 2.24) is 5.06 Å². The third-order valence-electron chi connectivity index (χ3n) is 3.61. The first-order valence-corrected chi connectivity index (χ1v) is 8.27. The fraction of sp³-hybridized carbons (Fsp3) is 0.857. The number of rotatable bonds is 3. The Morgan fingerprint density at radius 1 is 1.33 bits per heavy atom. The lowest BCUT2D eigenvalue weighted by Gasteiger charge is -2.33. The molecule has 1 unspecified atom stereocenters. The van der Waals surface area contributed by atoms with Crippen LogP contribution < -0.4 is 0 Å². The highest BCUT2D eigenvalue weighted by molar-refractivity contribution is 8.00. The summed E-state index contributed by atoms with van der Waals surface area (Å²) in [7, 11) is 0. The summed E-state index contributed by atoms with van der Waals surface area (Å²) in [6.45, 7) is 6.70. The lowest BCUT2D eigenvalue weighted by atomic mass is 9.84. The van der Waals surface area contributed by atoms with Gasteiger partial charge in [0.15, 0.2) is 0 Å². The van der Waals surface area contributed by atoms with Gasteiger partial charge >= 0.3 is 0 Å². The van der Waals surface area contributed by atoms with Crippen molar-refractivity contribution >= 4 is 23.4 Å². The lowest BCUT2D eigenvalue weighted by Crippen LogP contribution is -2.38. The Hall–Kier alpha value is 0.140. The minimum Gasteiger partial charge on any atom is -0.411 e. The molecule has 1 aliphatic carbocycles. The molecule has 0 aromatic rings. The van der Waals surface area contributed by atoms with E-state index in [-0.39, 0.29) is 4.75 Å². The van der Waals surface area contributed by atoms with Gasteiger partial charge in [0.25, 0.3) is 0 Å². The maximum atomic E-state index is 6.34. The topological polar surface area (TPSA) is 12.5 Å². The van der Waals surface area contributed by atoms with Crippen molar-refractivity contribution in [3.8, 4) is 0 Å². The van der Waals surface area contributed by atoms with Crippen LogP contribution >= 0.6 is 23.4 Å². The number of hydrogen-bond acceptors (Lipinski definition) is 3. The van der Waals surface area contributed by atoms with Crippen LogP contribution in [-0.2, 0) is 4.84 Å². The summed E-state index contributed by atoms with van der Waals surface area (Å²) in [6, 6.07) is 0.293. The zero-order chi connectivity index (χ0) is 13.2. The molecule has 2 aliphatic rings. The predicted octanol–water partition coefficient (Wildman–Crippen LogP) is 4.75. The molecule has 0 N–H and O–H groups in total. The fourth-order valence-corrected chi connectivity index (χ4v) is 3.73. The molecule has 1 atom stereocenters. The Morgan fingerprint density at radius 3 is 2.61 bits per heavy atom. The average Bonchev–Trinajstić information content (AvgIpc) is 2.68. The molecule has 0 spiro atoms. The molecular formula is C14H24ClNOS. The molecule has 1 saturated carbocycles. The van der Waals surface area contributed by atoms with E-state index in [1.54, 1.807) is 6.26 Å². The first-order chi connectivity index (χ1) is 8.47. The van der Waals surface area contributed by atoms with Crippen LogP contribution in [0.25, 0.3) is 0 Å². The summed E-state index contributed by atoms with van der Waals surface area (Å²) >= 11 is 8.25. The molecule has 0 aromatic heterocycles.